The van der Waals surface area contributed by atoms with Crippen molar-refractivity contribution in [1.29, 1.82) is 0 Å². The fraction of sp³-hybridized carbons (Fsp3) is 0.900. The molecule has 82 valence electrons. The van der Waals surface area contributed by atoms with Gasteiger partial charge in [-0.2, -0.15) is 11.8 Å². The zero-order chi connectivity index (χ0) is 10.2. The molecule has 0 saturated carbocycles. The Kier molecular flexibility index (Phi) is 6.03. The van der Waals surface area contributed by atoms with E-state index in [1.807, 2.05) is 11.8 Å². The van der Waals surface area contributed by atoms with Crippen LogP contribution >= 0.6 is 11.8 Å². The van der Waals surface area contributed by atoms with E-state index in [1.165, 1.54) is 6.42 Å². The number of hydrogen-bond acceptors (Lipinski definition) is 3. The van der Waals surface area contributed by atoms with Crippen molar-refractivity contribution in [1.82, 2.24) is 10.6 Å². The van der Waals surface area contributed by atoms with Gasteiger partial charge in [-0.05, 0) is 37.8 Å². The number of thioether (sulfide) groups is 1. The van der Waals surface area contributed by atoms with E-state index in [4.69, 9.17) is 0 Å². The average Bonchev–Trinajstić information content (AvgIpc) is 2.65. The highest BCUT2D eigenvalue weighted by Gasteiger charge is 2.16. The lowest BCUT2D eigenvalue weighted by molar-refractivity contribution is -0.121. The molecular formula is C10H20N2OS. The Morgan fingerprint density at radius 2 is 2.50 bits per heavy atom. The minimum atomic E-state index is 0.200. The van der Waals surface area contributed by atoms with Crippen LogP contribution in [0.15, 0.2) is 0 Å². The van der Waals surface area contributed by atoms with Gasteiger partial charge >= 0.3 is 0 Å². The van der Waals surface area contributed by atoms with E-state index >= 15 is 0 Å². The van der Waals surface area contributed by atoms with Gasteiger partial charge in [-0.15, -0.1) is 0 Å². The molecule has 1 atom stereocenters. The molecule has 1 rings (SSSR count). The van der Waals surface area contributed by atoms with E-state index in [1.54, 1.807) is 0 Å². The lowest BCUT2D eigenvalue weighted by Gasteiger charge is -2.09. The second kappa shape index (κ2) is 7.12. The minimum absolute atomic E-state index is 0.200. The molecule has 0 aromatic heterocycles. The first kappa shape index (κ1) is 11.9. The first-order chi connectivity index (χ1) is 6.83. The van der Waals surface area contributed by atoms with Crippen LogP contribution in [0.1, 0.15) is 25.7 Å². The second-order valence-corrected chi connectivity index (χ2v) is 4.68. The van der Waals surface area contributed by atoms with Crippen LogP contribution in [-0.4, -0.2) is 37.0 Å². The molecule has 1 fully saturated rings. The number of carbonyl (C=O) groups excluding carboxylic acids is 1. The highest BCUT2D eigenvalue weighted by Crippen LogP contribution is 2.08. The highest BCUT2D eigenvalue weighted by molar-refractivity contribution is 7.98. The zero-order valence-corrected chi connectivity index (χ0v) is 9.66. The van der Waals surface area contributed by atoms with Crippen molar-refractivity contribution in [3.8, 4) is 0 Å². The van der Waals surface area contributed by atoms with Gasteiger partial charge in [0, 0.05) is 19.0 Å². The molecule has 0 aromatic carbocycles. The summed E-state index contributed by atoms with van der Waals surface area (Å²) in [4.78, 5) is 11.4. The summed E-state index contributed by atoms with van der Waals surface area (Å²) < 4.78 is 0. The smallest absolute Gasteiger partial charge is 0.221 e. The molecule has 1 saturated heterocycles. The number of carbonyl (C=O) groups is 1. The van der Waals surface area contributed by atoms with E-state index in [0.717, 1.165) is 31.7 Å². The van der Waals surface area contributed by atoms with Gasteiger partial charge < -0.3 is 10.6 Å². The van der Waals surface area contributed by atoms with Crippen LogP contribution in [0, 0.1) is 0 Å². The summed E-state index contributed by atoms with van der Waals surface area (Å²) in [5.41, 5.74) is 0. The predicted molar refractivity (Wildman–Crippen MR) is 61.7 cm³/mol. The Balaban J connectivity index is 1.98. The van der Waals surface area contributed by atoms with E-state index in [9.17, 15) is 4.79 Å². The van der Waals surface area contributed by atoms with E-state index in [-0.39, 0.29) is 5.91 Å². The second-order valence-electron chi connectivity index (χ2n) is 3.69. The van der Waals surface area contributed by atoms with Gasteiger partial charge in [0.05, 0.1) is 0 Å². The van der Waals surface area contributed by atoms with E-state index < -0.39 is 0 Å². The molecule has 4 heteroatoms. The summed E-state index contributed by atoms with van der Waals surface area (Å²) in [6, 6.07) is 0.426. The number of nitrogens with one attached hydrogen (secondary N) is 2. The van der Waals surface area contributed by atoms with Gasteiger partial charge in [0.25, 0.3) is 0 Å². The van der Waals surface area contributed by atoms with Gasteiger partial charge in [-0.25, -0.2) is 0 Å². The van der Waals surface area contributed by atoms with E-state index in [2.05, 4.69) is 16.9 Å². The van der Waals surface area contributed by atoms with Crippen LogP contribution < -0.4 is 10.6 Å². The number of hydrogen-bond donors (Lipinski definition) is 2. The molecule has 0 aromatic rings. The van der Waals surface area contributed by atoms with Crippen LogP contribution in [0.2, 0.25) is 0 Å². The molecule has 1 amide bonds. The first-order valence-corrected chi connectivity index (χ1v) is 6.71. The van der Waals surface area contributed by atoms with Crippen molar-refractivity contribution in [2.75, 3.05) is 25.1 Å². The number of rotatable bonds is 6. The fourth-order valence-corrected chi connectivity index (χ4v) is 2.10. The third-order valence-corrected chi connectivity index (χ3v) is 3.14. The molecule has 1 aliphatic rings. The summed E-state index contributed by atoms with van der Waals surface area (Å²) in [7, 11) is 0. The van der Waals surface area contributed by atoms with Gasteiger partial charge in [-0.1, -0.05) is 0 Å². The van der Waals surface area contributed by atoms with Crippen molar-refractivity contribution < 1.29 is 4.79 Å². The zero-order valence-electron chi connectivity index (χ0n) is 8.84. The van der Waals surface area contributed by atoms with Gasteiger partial charge in [0.15, 0.2) is 0 Å². The molecule has 0 bridgehead atoms. The van der Waals surface area contributed by atoms with Crippen molar-refractivity contribution in [2.24, 2.45) is 0 Å². The molecule has 1 aliphatic heterocycles. The maximum absolute atomic E-state index is 11.4. The van der Waals surface area contributed by atoms with Gasteiger partial charge in [-0.3, -0.25) is 4.79 Å². The fourth-order valence-electron chi connectivity index (χ4n) is 1.67. The minimum Gasteiger partial charge on any atom is -0.356 e. The monoisotopic (exact) mass is 216 g/mol. The standard InChI is InChI=1S/C10H20N2OS/c1-14-7-3-6-12-10(13)8-9-4-2-5-11-9/h9,11H,2-8H2,1H3,(H,12,13). The number of amides is 1. The first-order valence-electron chi connectivity index (χ1n) is 5.32. The largest absolute Gasteiger partial charge is 0.356 e. The highest BCUT2D eigenvalue weighted by atomic mass is 32.2. The summed E-state index contributed by atoms with van der Waals surface area (Å²) in [6.07, 6.45) is 6.18. The molecule has 14 heavy (non-hydrogen) atoms. The average molecular weight is 216 g/mol. The molecule has 1 unspecified atom stereocenters. The lowest BCUT2D eigenvalue weighted by atomic mass is 10.1. The van der Waals surface area contributed by atoms with Crippen molar-refractivity contribution >= 4 is 17.7 Å². The van der Waals surface area contributed by atoms with Crippen LogP contribution in [0.5, 0.6) is 0 Å². The van der Waals surface area contributed by atoms with Gasteiger partial charge in [0.1, 0.15) is 0 Å². The Labute approximate surface area is 90.4 Å². The molecular weight excluding hydrogens is 196 g/mol. The summed E-state index contributed by atoms with van der Waals surface area (Å²) in [5, 5.41) is 6.28. The van der Waals surface area contributed by atoms with Crippen molar-refractivity contribution in [2.45, 2.75) is 31.7 Å². The summed E-state index contributed by atoms with van der Waals surface area (Å²) in [6.45, 7) is 1.90. The third kappa shape index (κ3) is 4.86. The molecule has 0 spiro atoms. The van der Waals surface area contributed by atoms with Gasteiger partial charge in [0.2, 0.25) is 5.91 Å². The molecule has 0 aliphatic carbocycles. The lowest BCUT2D eigenvalue weighted by Crippen LogP contribution is -2.32. The predicted octanol–water partition coefficient (Wildman–Crippen LogP) is 0.998. The SMILES string of the molecule is CSCCCNC(=O)CC1CCCN1. The van der Waals surface area contributed by atoms with E-state index in [0.29, 0.717) is 12.5 Å². The maximum Gasteiger partial charge on any atom is 0.221 e. The topological polar surface area (TPSA) is 41.1 Å². The Bertz CT molecular complexity index is 170. The third-order valence-electron chi connectivity index (χ3n) is 2.44. The Hall–Kier alpha value is -0.220. The quantitative estimate of drug-likeness (QED) is 0.651. The van der Waals surface area contributed by atoms with Crippen molar-refractivity contribution in [3.63, 3.8) is 0 Å². The van der Waals surface area contributed by atoms with Crippen LogP contribution in [0.4, 0.5) is 0 Å². The summed E-state index contributed by atoms with van der Waals surface area (Å²) in [5.74, 6) is 1.33. The van der Waals surface area contributed by atoms with Crippen molar-refractivity contribution in [3.05, 3.63) is 0 Å². The van der Waals surface area contributed by atoms with Crippen LogP contribution in [-0.2, 0) is 4.79 Å². The molecule has 2 N–H and O–H groups in total. The van der Waals surface area contributed by atoms with Crippen LogP contribution in [0.3, 0.4) is 0 Å². The Morgan fingerprint density at radius 1 is 1.64 bits per heavy atom. The maximum atomic E-state index is 11.4. The molecule has 3 nitrogen and oxygen atoms in total. The molecule has 1 heterocycles. The Morgan fingerprint density at radius 3 is 3.14 bits per heavy atom. The summed E-state index contributed by atoms with van der Waals surface area (Å²) >= 11 is 1.82. The molecule has 0 radical (unpaired) electrons. The van der Waals surface area contributed by atoms with Crippen LogP contribution in [0.25, 0.3) is 0 Å². The normalized spacial score (nSPS) is 21.1.